The van der Waals surface area contributed by atoms with Crippen molar-refractivity contribution in [2.24, 2.45) is 0 Å². The summed E-state index contributed by atoms with van der Waals surface area (Å²) >= 11 is 1.01. The first-order valence-corrected chi connectivity index (χ1v) is 15.5. The maximum Gasteiger partial charge on any atom is 0.161 e. The highest BCUT2D eigenvalue weighted by Crippen LogP contribution is 2.45. The lowest BCUT2D eigenvalue weighted by Gasteiger charge is -2.14. The van der Waals surface area contributed by atoms with Crippen molar-refractivity contribution in [2.75, 3.05) is 0 Å². The van der Waals surface area contributed by atoms with E-state index in [0.29, 0.717) is 16.7 Å². The van der Waals surface area contributed by atoms with E-state index in [1.165, 1.54) is 0 Å². The van der Waals surface area contributed by atoms with E-state index in [1.54, 1.807) is 0 Å². The molecule has 0 amide bonds. The van der Waals surface area contributed by atoms with Crippen LogP contribution in [0.25, 0.3) is 97.6 Å². The van der Waals surface area contributed by atoms with E-state index in [2.05, 4.69) is 30.3 Å². The Bertz CT molecular complexity index is 3310. The van der Waals surface area contributed by atoms with Gasteiger partial charge in [0, 0.05) is 42.8 Å². The number of para-hydroxylation sites is 1. The Hall–Kier alpha value is -5.84. The molecule has 10 aromatic rings. The highest BCUT2D eigenvalue weighted by atomic mass is 32.1. The van der Waals surface area contributed by atoms with E-state index < -0.39 is 42.3 Å². The van der Waals surface area contributed by atoms with Gasteiger partial charge in [0.2, 0.25) is 0 Å². The van der Waals surface area contributed by atoms with Crippen LogP contribution in [0.5, 0.6) is 0 Å². The van der Waals surface area contributed by atoms with Crippen LogP contribution in [0.4, 0.5) is 0 Å². The lowest BCUT2D eigenvalue weighted by atomic mass is 9.91. The molecule has 3 aromatic heterocycles. The summed E-state index contributed by atoms with van der Waals surface area (Å²) in [5.41, 5.74) is 3.74. The summed E-state index contributed by atoms with van der Waals surface area (Å²) in [4.78, 5) is 10.2. The number of hydrogen-bond acceptors (Lipinski definition) is 4. The Balaban J connectivity index is 1.41. The van der Waals surface area contributed by atoms with Gasteiger partial charge in [0.25, 0.3) is 0 Å². The third-order valence-corrected chi connectivity index (χ3v) is 9.60. The highest BCUT2D eigenvalue weighted by Gasteiger charge is 2.22. The zero-order valence-electron chi connectivity index (χ0n) is 32.9. The van der Waals surface area contributed by atoms with Crippen LogP contribution < -0.4 is 0 Å². The number of hydrogen-bond donors (Lipinski definition) is 0. The Morgan fingerprint density at radius 3 is 2.33 bits per heavy atom. The van der Waals surface area contributed by atoms with Gasteiger partial charge in [-0.3, -0.25) is 0 Å². The topological polar surface area (TPSA) is 38.9 Å². The Kier molecular flexibility index (Phi) is 3.89. The van der Waals surface area contributed by atoms with Crippen molar-refractivity contribution in [3.63, 3.8) is 0 Å². The summed E-state index contributed by atoms with van der Waals surface area (Å²) in [6, 6.07) is 25.9. The third kappa shape index (κ3) is 3.77. The minimum atomic E-state index is -0.552. The molecule has 0 N–H and O–H groups in total. The summed E-state index contributed by atoms with van der Waals surface area (Å²) in [6.45, 7) is 0. The van der Waals surface area contributed by atoms with E-state index in [4.69, 9.17) is 26.7 Å². The summed E-state index contributed by atoms with van der Waals surface area (Å²) < 4.78 is 84.9. The molecule has 0 fully saturated rings. The van der Waals surface area contributed by atoms with Gasteiger partial charge < -0.3 is 4.42 Å². The van der Waals surface area contributed by atoms with Gasteiger partial charge in [-0.25, -0.2) is 9.97 Å². The van der Waals surface area contributed by atoms with Gasteiger partial charge in [-0.2, -0.15) is 0 Å². The first-order chi connectivity index (χ1) is 26.5. The van der Waals surface area contributed by atoms with Crippen molar-refractivity contribution in [3.8, 4) is 33.8 Å². The van der Waals surface area contributed by atoms with Crippen LogP contribution in [0.15, 0.2) is 150 Å². The van der Waals surface area contributed by atoms with Crippen LogP contribution in [0.3, 0.4) is 0 Å². The summed E-state index contributed by atoms with van der Waals surface area (Å²) in [6.07, 6.45) is 0. The van der Waals surface area contributed by atoms with Gasteiger partial charge in [0.15, 0.2) is 5.82 Å². The zero-order chi connectivity index (χ0) is 38.0. The van der Waals surface area contributed by atoms with E-state index in [-0.39, 0.29) is 49.5 Å². The van der Waals surface area contributed by atoms with Crippen LogP contribution in [0.1, 0.15) is 12.3 Å². The Morgan fingerprint density at radius 1 is 0.587 bits per heavy atom. The SMILES string of the molecule is [2H]c1c([2H])c([2H])c(-c2nc(-c3cc4c5ccccc5oc4c4cccc(-c5ccc6ccccc6c5)c34)nc3c2sc2c([2H])c([2H])c([2H])c([2H])c23)c([2H])c1[2H]. The molecule has 0 aliphatic carbocycles. The number of benzene rings is 7. The van der Waals surface area contributed by atoms with E-state index >= 15 is 0 Å². The minimum absolute atomic E-state index is 0.0311. The maximum atomic E-state index is 8.96. The monoisotopic (exact) mass is 613 g/mol. The largest absolute Gasteiger partial charge is 0.455 e. The fourth-order valence-corrected chi connectivity index (χ4v) is 7.50. The average molecular weight is 614 g/mol. The van der Waals surface area contributed by atoms with E-state index in [9.17, 15) is 0 Å². The molecule has 0 atom stereocenters. The second-order valence-corrected chi connectivity index (χ2v) is 12.1. The van der Waals surface area contributed by atoms with Gasteiger partial charge in [-0.05, 0) is 46.1 Å². The van der Waals surface area contributed by atoms with Crippen LogP contribution in [0, 0.1) is 0 Å². The second kappa shape index (κ2) is 9.83. The Morgan fingerprint density at radius 2 is 1.39 bits per heavy atom. The molecule has 0 spiro atoms. The zero-order valence-corrected chi connectivity index (χ0v) is 24.7. The van der Waals surface area contributed by atoms with E-state index in [0.717, 1.165) is 54.8 Å². The Labute approximate surface area is 280 Å². The predicted molar refractivity (Wildman–Crippen MR) is 194 cm³/mol. The van der Waals surface area contributed by atoms with Crippen molar-refractivity contribution in [1.29, 1.82) is 0 Å². The lowest BCUT2D eigenvalue weighted by Crippen LogP contribution is -1.96. The normalized spacial score (nSPS) is 14.7. The molecule has 0 saturated carbocycles. The minimum Gasteiger partial charge on any atom is -0.455 e. The molecule has 0 bridgehead atoms. The number of rotatable bonds is 3. The summed E-state index contributed by atoms with van der Waals surface area (Å²) in [5, 5.41) is 5.47. The molecule has 0 aliphatic heterocycles. The molecule has 214 valence electrons. The number of nitrogens with zero attached hydrogens (tertiary/aromatic N) is 2. The number of furan rings is 1. The number of thiophene rings is 1. The van der Waals surface area contributed by atoms with Crippen molar-refractivity contribution in [3.05, 3.63) is 145 Å². The van der Waals surface area contributed by atoms with Gasteiger partial charge in [0.05, 0.1) is 28.2 Å². The highest BCUT2D eigenvalue weighted by molar-refractivity contribution is 7.26. The van der Waals surface area contributed by atoms with Gasteiger partial charge >= 0.3 is 0 Å². The number of fused-ring (bicyclic) bond motifs is 9. The fraction of sp³-hybridized carbons (Fsp3) is 0. The molecule has 7 aromatic carbocycles. The van der Waals surface area contributed by atoms with Gasteiger partial charge in [-0.1, -0.05) is 121 Å². The molecular formula is C42H24N2OS. The first-order valence-electron chi connectivity index (χ1n) is 19.2. The van der Waals surface area contributed by atoms with Crippen molar-refractivity contribution >= 4 is 75.1 Å². The van der Waals surface area contributed by atoms with Gasteiger partial charge in [-0.15, -0.1) is 11.3 Å². The second-order valence-electron chi connectivity index (χ2n) is 11.1. The molecule has 0 aliphatic rings. The van der Waals surface area contributed by atoms with E-state index in [1.807, 2.05) is 60.7 Å². The molecule has 0 saturated heterocycles. The fourth-order valence-electron chi connectivity index (χ4n) is 6.45. The molecular weight excluding hydrogens is 581 g/mol. The first kappa shape index (κ1) is 18.2. The molecule has 46 heavy (non-hydrogen) atoms. The average Bonchev–Trinajstić information content (AvgIpc) is 3.79. The quantitative estimate of drug-likeness (QED) is 0.199. The van der Waals surface area contributed by atoms with Crippen molar-refractivity contribution in [2.45, 2.75) is 0 Å². The van der Waals surface area contributed by atoms with Crippen LogP contribution in [-0.4, -0.2) is 9.97 Å². The van der Waals surface area contributed by atoms with Crippen LogP contribution >= 0.6 is 11.3 Å². The standard InChI is InChI=1S/C42H24N2OS/c1-2-12-26(13-3-1)38-41-39(31-16-7-9-20-36(31)46-41)44-42(43-38)34-24-33-30-15-6-8-19-35(30)45-40(33)32-18-10-17-29(37(32)34)28-22-21-25-11-4-5-14-27(25)23-28/h1-24H/i1D,2D,3D,7D,9D,12D,13D,16D,20D. The molecule has 3 heterocycles. The summed E-state index contributed by atoms with van der Waals surface area (Å²) in [7, 11) is 0. The molecule has 10 rings (SSSR count). The number of aromatic nitrogens is 2. The van der Waals surface area contributed by atoms with Crippen LogP contribution in [-0.2, 0) is 0 Å². The van der Waals surface area contributed by atoms with Gasteiger partial charge in [0.1, 0.15) is 11.2 Å². The molecule has 3 nitrogen and oxygen atoms in total. The lowest BCUT2D eigenvalue weighted by molar-refractivity contribution is 0.672. The molecule has 4 heteroatoms. The molecule has 0 unspecified atom stereocenters. The summed E-state index contributed by atoms with van der Waals surface area (Å²) in [5.74, 6) is 0.145. The maximum absolute atomic E-state index is 8.96. The predicted octanol–water partition coefficient (Wildman–Crippen LogP) is 12.1. The van der Waals surface area contributed by atoms with Crippen molar-refractivity contribution < 1.29 is 16.8 Å². The smallest absolute Gasteiger partial charge is 0.161 e. The van der Waals surface area contributed by atoms with Crippen LogP contribution in [0.2, 0.25) is 0 Å². The molecule has 0 radical (unpaired) electrons. The van der Waals surface area contributed by atoms with Crippen molar-refractivity contribution in [1.82, 2.24) is 9.97 Å². The third-order valence-electron chi connectivity index (χ3n) is 8.50.